The molecule has 1 saturated heterocycles. The van der Waals surface area contributed by atoms with Crippen molar-refractivity contribution in [2.45, 2.75) is 39.0 Å². The predicted octanol–water partition coefficient (Wildman–Crippen LogP) is 2.35. The summed E-state index contributed by atoms with van der Waals surface area (Å²) in [6.07, 6.45) is 0. The van der Waals surface area contributed by atoms with Gasteiger partial charge < -0.3 is 9.80 Å². The monoisotopic (exact) mass is 228 g/mol. The SMILES string of the molecule is CCN1CCN(CC)CC[Si](C)(C)CC1. The zero-order valence-corrected chi connectivity index (χ0v) is 12.1. The van der Waals surface area contributed by atoms with E-state index in [2.05, 4.69) is 36.7 Å². The van der Waals surface area contributed by atoms with E-state index in [0.717, 1.165) is 0 Å². The highest BCUT2D eigenvalue weighted by Gasteiger charge is 2.23. The topological polar surface area (TPSA) is 6.48 Å². The van der Waals surface area contributed by atoms with Crippen LogP contribution in [0.4, 0.5) is 0 Å². The van der Waals surface area contributed by atoms with E-state index >= 15 is 0 Å². The van der Waals surface area contributed by atoms with Crippen LogP contribution in [0.5, 0.6) is 0 Å². The molecule has 0 atom stereocenters. The molecule has 0 unspecified atom stereocenters. The van der Waals surface area contributed by atoms with E-state index < -0.39 is 8.07 Å². The van der Waals surface area contributed by atoms with E-state index in [-0.39, 0.29) is 0 Å². The molecule has 0 N–H and O–H groups in total. The maximum absolute atomic E-state index is 2.63. The molecule has 3 heteroatoms. The Balaban J connectivity index is 2.55. The molecule has 1 fully saturated rings. The van der Waals surface area contributed by atoms with E-state index in [4.69, 9.17) is 0 Å². The third kappa shape index (κ3) is 4.66. The molecule has 0 bridgehead atoms. The van der Waals surface area contributed by atoms with Crippen LogP contribution in [0, 0.1) is 0 Å². The van der Waals surface area contributed by atoms with Crippen LogP contribution in [-0.2, 0) is 0 Å². The second-order valence-electron chi connectivity index (χ2n) is 5.53. The molecule has 0 spiro atoms. The molecule has 0 aliphatic carbocycles. The zero-order chi connectivity index (χ0) is 11.3. The van der Waals surface area contributed by atoms with Gasteiger partial charge in [0.25, 0.3) is 0 Å². The van der Waals surface area contributed by atoms with Crippen LogP contribution in [0.25, 0.3) is 0 Å². The molecule has 0 aromatic rings. The summed E-state index contributed by atoms with van der Waals surface area (Å²) in [6, 6.07) is 2.97. The summed E-state index contributed by atoms with van der Waals surface area (Å²) in [6.45, 7) is 17.4. The van der Waals surface area contributed by atoms with Crippen molar-refractivity contribution >= 4 is 8.07 Å². The summed E-state index contributed by atoms with van der Waals surface area (Å²) in [7, 11) is -0.905. The molecule has 15 heavy (non-hydrogen) atoms. The van der Waals surface area contributed by atoms with Gasteiger partial charge in [-0.3, -0.25) is 0 Å². The Morgan fingerprint density at radius 3 is 1.53 bits per heavy atom. The molecule has 1 heterocycles. The maximum atomic E-state index is 2.63. The highest BCUT2D eigenvalue weighted by Crippen LogP contribution is 2.18. The van der Waals surface area contributed by atoms with Gasteiger partial charge in [-0.25, -0.2) is 0 Å². The first-order valence-electron chi connectivity index (χ1n) is 6.52. The summed E-state index contributed by atoms with van der Waals surface area (Å²) < 4.78 is 0. The van der Waals surface area contributed by atoms with Crippen molar-refractivity contribution in [3.63, 3.8) is 0 Å². The Morgan fingerprint density at radius 2 is 1.20 bits per heavy atom. The van der Waals surface area contributed by atoms with Gasteiger partial charge in [0.2, 0.25) is 0 Å². The summed E-state index contributed by atoms with van der Waals surface area (Å²) in [5.41, 5.74) is 0. The molecular formula is C12H28N2Si. The number of hydrogen-bond acceptors (Lipinski definition) is 2. The van der Waals surface area contributed by atoms with Crippen molar-refractivity contribution in [2.75, 3.05) is 39.3 Å². The molecule has 90 valence electrons. The van der Waals surface area contributed by atoms with E-state index in [1.54, 1.807) is 0 Å². The minimum Gasteiger partial charge on any atom is -0.303 e. The molecule has 0 aromatic carbocycles. The van der Waals surface area contributed by atoms with Crippen LogP contribution in [-0.4, -0.2) is 57.1 Å². The average molecular weight is 228 g/mol. The lowest BCUT2D eigenvalue weighted by Gasteiger charge is -2.25. The van der Waals surface area contributed by atoms with Crippen LogP contribution in [0.1, 0.15) is 13.8 Å². The Morgan fingerprint density at radius 1 is 0.800 bits per heavy atom. The minimum absolute atomic E-state index is 0.905. The van der Waals surface area contributed by atoms with Gasteiger partial charge in [-0.15, -0.1) is 0 Å². The van der Waals surface area contributed by atoms with Crippen LogP contribution in [0.15, 0.2) is 0 Å². The fourth-order valence-corrected chi connectivity index (χ4v) is 4.28. The average Bonchev–Trinajstić information content (AvgIpc) is 2.28. The van der Waals surface area contributed by atoms with Crippen molar-refractivity contribution in [2.24, 2.45) is 0 Å². The van der Waals surface area contributed by atoms with E-state index in [1.807, 2.05) is 0 Å². The highest BCUT2D eigenvalue weighted by molar-refractivity contribution is 6.77. The summed E-state index contributed by atoms with van der Waals surface area (Å²) >= 11 is 0. The lowest BCUT2D eigenvalue weighted by atomic mass is 10.4. The van der Waals surface area contributed by atoms with E-state index in [0.29, 0.717) is 0 Å². The van der Waals surface area contributed by atoms with Gasteiger partial charge in [0, 0.05) is 21.2 Å². The quantitative estimate of drug-likeness (QED) is 0.670. The molecule has 0 saturated carbocycles. The van der Waals surface area contributed by atoms with E-state index in [9.17, 15) is 0 Å². The third-order valence-corrected chi connectivity index (χ3v) is 6.99. The zero-order valence-electron chi connectivity index (χ0n) is 11.1. The molecule has 1 aliphatic rings. The van der Waals surface area contributed by atoms with Crippen LogP contribution in [0.3, 0.4) is 0 Å². The Kier molecular flexibility index (Phi) is 5.30. The third-order valence-electron chi connectivity index (χ3n) is 3.84. The number of hydrogen-bond donors (Lipinski definition) is 0. The minimum atomic E-state index is -0.905. The van der Waals surface area contributed by atoms with Gasteiger partial charge in [-0.05, 0) is 38.3 Å². The van der Waals surface area contributed by atoms with Crippen molar-refractivity contribution in [3.8, 4) is 0 Å². The molecule has 1 rings (SSSR count). The summed E-state index contributed by atoms with van der Waals surface area (Å²) in [5.74, 6) is 0. The second-order valence-corrected chi connectivity index (χ2v) is 10.9. The van der Waals surface area contributed by atoms with Crippen LogP contribution >= 0.6 is 0 Å². The van der Waals surface area contributed by atoms with Gasteiger partial charge in [-0.1, -0.05) is 26.9 Å². The van der Waals surface area contributed by atoms with E-state index in [1.165, 1.54) is 51.4 Å². The summed E-state index contributed by atoms with van der Waals surface area (Å²) in [4.78, 5) is 5.26. The molecule has 2 nitrogen and oxygen atoms in total. The van der Waals surface area contributed by atoms with Gasteiger partial charge in [0.1, 0.15) is 0 Å². The lowest BCUT2D eigenvalue weighted by Crippen LogP contribution is -2.34. The first-order valence-corrected chi connectivity index (χ1v) is 9.93. The molecular weight excluding hydrogens is 200 g/mol. The smallest absolute Gasteiger partial charge is 0.0498 e. The van der Waals surface area contributed by atoms with Crippen molar-refractivity contribution in [1.29, 1.82) is 0 Å². The second kappa shape index (κ2) is 6.02. The first-order chi connectivity index (χ1) is 7.07. The molecule has 0 radical (unpaired) electrons. The number of likely N-dealkylation sites (N-methyl/N-ethyl adjacent to an activating group) is 2. The van der Waals surface area contributed by atoms with Gasteiger partial charge in [-0.2, -0.15) is 0 Å². The highest BCUT2D eigenvalue weighted by atomic mass is 28.3. The maximum Gasteiger partial charge on any atom is 0.0498 e. The van der Waals surface area contributed by atoms with Gasteiger partial charge >= 0.3 is 0 Å². The molecule has 1 aliphatic heterocycles. The van der Waals surface area contributed by atoms with Crippen LogP contribution in [0.2, 0.25) is 25.2 Å². The lowest BCUT2D eigenvalue weighted by molar-refractivity contribution is 0.231. The number of nitrogens with zero attached hydrogens (tertiary/aromatic N) is 2. The van der Waals surface area contributed by atoms with Crippen molar-refractivity contribution < 1.29 is 0 Å². The Labute approximate surface area is 96.6 Å². The summed E-state index contributed by atoms with van der Waals surface area (Å²) in [5, 5.41) is 0. The fraction of sp³-hybridized carbons (Fsp3) is 1.00. The van der Waals surface area contributed by atoms with Gasteiger partial charge in [0.15, 0.2) is 0 Å². The number of rotatable bonds is 2. The van der Waals surface area contributed by atoms with Crippen LogP contribution < -0.4 is 0 Å². The molecule has 0 amide bonds. The van der Waals surface area contributed by atoms with Crippen molar-refractivity contribution in [1.82, 2.24) is 9.80 Å². The molecule has 0 aromatic heterocycles. The predicted molar refractivity (Wildman–Crippen MR) is 71.3 cm³/mol. The Bertz CT molecular complexity index is 164. The largest absolute Gasteiger partial charge is 0.303 e. The fourth-order valence-electron chi connectivity index (χ4n) is 2.19. The van der Waals surface area contributed by atoms with Crippen molar-refractivity contribution in [3.05, 3.63) is 0 Å². The normalized spacial score (nSPS) is 25.6. The van der Waals surface area contributed by atoms with Gasteiger partial charge in [0.05, 0.1) is 0 Å². The standard InChI is InChI=1S/C12H28N2Si/c1-5-13-7-8-14(6-2)10-12-15(3,4)11-9-13/h5-12H2,1-4H3. The first kappa shape index (κ1) is 13.2. The Hall–Kier alpha value is 0.137.